The highest BCUT2D eigenvalue weighted by atomic mass is 32.2. The minimum atomic E-state index is -2.73. The van der Waals surface area contributed by atoms with Gasteiger partial charge < -0.3 is 19.4 Å². The zero-order chi connectivity index (χ0) is 22.3. The number of H-pyrrole nitrogens is 1. The summed E-state index contributed by atoms with van der Waals surface area (Å²) in [7, 11) is -2.73. The van der Waals surface area contributed by atoms with Gasteiger partial charge in [-0.2, -0.15) is 4.98 Å². The van der Waals surface area contributed by atoms with Crippen molar-refractivity contribution in [2.45, 2.75) is 38.0 Å². The first-order chi connectivity index (χ1) is 15.5. The number of pyridine rings is 1. The molecule has 2 unspecified atom stereocenters. The van der Waals surface area contributed by atoms with E-state index in [9.17, 15) is 4.21 Å². The largest absolute Gasteiger partial charge is 0.478 e. The fourth-order valence-corrected chi connectivity index (χ4v) is 6.47. The summed E-state index contributed by atoms with van der Waals surface area (Å²) in [5.74, 6) is 2.23. The molecule has 2 fully saturated rings. The molecule has 0 aliphatic carbocycles. The highest BCUT2D eigenvalue weighted by Gasteiger charge is 2.33. The zero-order valence-corrected chi connectivity index (χ0v) is 19.2. The number of anilines is 1. The van der Waals surface area contributed by atoms with E-state index in [0.717, 1.165) is 29.7 Å². The summed E-state index contributed by atoms with van der Waals surface area (Å²) in [6.07, 6.45) is 3.32. The van der Waals surface area contributed by atoms with Crippen molar-refractivity contribution in [2.75, 3.05) is 37.0 Å². The van der Waals surface area contributed by atoms with Gasteiger partial charge >= 0.3 is 0 Å². The van der Waals surface area contributed by atoms with Crippen LogP contribution in [-0.4, -0.2) is 62.3 Å². The van der Waals surface area contributed by atoms with Gasteiger partial charge in [0.2, 0.25) is 5.88 Å². The number of hydrogen-bond donors (Lipinski definition) is 2. The predicted molar refractivity (Wildman–Crippen MR) is 124 cm³/mol. The Hall–Kier alpha value is -2.72. The molecule has 2 saturated heterocycles. The molecule has 3 aromatic heterocycles. The zero-order valence-electron chi connectivity index (χ0n) is 18.3. The van der Waals surface area contributed by atoms with Crippen molar-refractivity contribution in [3.8, 4) is 17.3 Å². The van der Waals surface area contributed by atoms with Crippen LogP contribution in [0.25, 0.3) is 22.4 Å². The van der Waals surface area contributed by atoms with Gasteiger partial charge in [0, 0.05) is 41.6 Å². The minimum absolute atomic E-state index is 0.159. The smallest absolute Gasteiger partial charge is 0.215 e. The van der Waals surface area contributed by atoms with Crippen LogP contribution in [-0.2, 0) is 14.5 Å². The third-order valence-electron chi connectivity index (χ3n) is 6.14. The molecule has 9 nitrogen and oxygen atoms in total. The highest BCUT2D eigenvalue weighted by Crippen LogP contribution is 2.38. The van der Waals surface area contributed by atoms with Crippen LogP contribution >= 0.6 is 0 Å². The summed E-state index contributed by atoms with van der Waals surface area (Å²) >= 11 is 0. The lowest BCUT2D eigenvalue weighted by molar-refractivity contribution is 0.0985. The molecule has 2 N–H and O–H groups in total. The van der Waals surface area contributed by atoms with Crippen LogP contribution in [0.1, 0.15) is 37.6 Å². The fourth-order valence-electron chi connectivity index (χ4n) is 4.53. The Bertz CT molecular complexity index is 1240. The van der Waals surface area contributed by atoms with Crippen LogP contribution in [0.15, 0.2) is 24.4 Å². The van der Waals surface area contributed by atoms with Gasteiger partial charge in [0.25, 0.3) is 0 Å². The number of nitrogens with zero attached hydrogens (tertiary/aromatic N) is 4. The van der Waals surface area contributed by atoms with Crippen molar-refractivity contribution >= 4 is 26.6 Å². The molecule has 5 heterocycles. The van der Waals surface area contributed by atoms with E-state index >= 15 is 0 Å². The Morgan fingerprint density at radius 2 is 2.22 bits per heavy atom. The van der Waals surface area contributed by atoms with Crippen LogP contribution in [0.3, 0.4) is 0 Å². The van der Waals surface area contributed by atoms with Gasteiger partial charge in [0.1, 0.15) is 11.5 Å². The molecule has 32 heavy (non-hydrogen) atoms. The number of morpholine rings is 1. The first-order valence-electron chi connectivity index (χ1n) is 11.1. The average Bonchev–Trinajstić information content (AvgIpc) is 3.39. The molecule has 10 heteroatoms. The lowest BCUT2D eigenvalue weighted by atomic mass is 10.1. The second-order valence-corrected chi connectivity index (χ2v) is 10.8. The fraction of sp³-hybridized carbons (Fsp3) is 0.500. The molecule has 0 aromatic carbocycles. The molecule has 5 rings (SSSR count). The molecule has 3 atom stereocenters. The Morgan fingerprint density at radius 3 is 2.97 bits per heavy atom. The van der Waals surface area contributed by atoms with Gasteiger partial charge in [-0.15, -0.1) is 0 Å². The van der Waals surface area contributed by atoms with E-state index in [2.05, 4.69) is 21.8 Å². The van der Waals surface area contributed by atoms with E-state index in [0.29, 0.717) is 55.0 Å². The van der Waals surface area contributed by atoms with Crippen LogP contribution in [0.5, 0.6) is 5.88 Å². The van der Waals surface area contributed by atoms with Gasteiger partial charge in [-0.1, -0.05) is 0 Å². The Labute approximate surface area is 187 Å². The SMILES string of the molecule is CCOc1cc(-c2nc(C3CCCS3(=N)=O)cc(N3CCOC[C@H]3C)n2)c2cc[nH]c2n1. The van der Waals surface area contributed by atoms with Gasteiger partial charge in [-0.25, -0.2) is 14.2 Å². The van der Waals surface area contributed by atoms with E-state index in [1.807, 2.05) is 31.3 Å². The number of ether oxygens (including phenoxy) is 2. The molecule has 0 saturated carbocycles. The molecular formula is C22H28N6O3S. The number of fused-ring (bicyclic) bond motifs is 1. The average molecular weight is 457 g/mol. The van der Waals surface area contributed by atoms with Crippen LogP contribution < -0.4 is 9.64 Å². The lowest BCUT2D eigenvalue weighted by Crippen LogP contribution is -2.44. The second kappa shape index (κ2) is 8.32. The third kappa shape index (κ3) is 3.81. The molecule has 170 valence electrons. The first-order valence-corrected chi connectivity index (χ1v) is 12.9. The molecular weight excluding hydrogens is 428 g/mol. The van der Waals surface area contributed by atoms with Crippen molar-refractivity contribution in [1.29, 1.82) is 4.78 Å². The molecule has 2 aliphatic rings. The maximum absolute atomic E-state index is 13.0. The van der Waals surface area contributed by atoms with Crippen molar-refractivity contribution in [2.24, 2.45) is 0 Å². The summed E-state index contributed by atoms with van der Waals surface area (Å²) in [5.41, 5.74) is 2.18. The monoisotopic (exact) mass is 456 g/mol. The Morgan fingerprint density at radius 1 is 1.34 bits per heavy atom. The van der Waals surface area contributed by atoms with Gasteiger partial charge in [0.15, 0.2) is 5.82 Å². The van der Waals surface area contributed by atoms with E-state index in [1.165, 1.54) is 0 Å². The van der Waals surface area contributed by atoms with E-state index < -0.39 is 9.73 Å². The first kappa shape index (κ1) is 21.1. The van der Waals surface area contributed by atoms with E-state index in [1.54, 1.807) is 0 Å². The molecule has 3 aromatic rings. The third-order valence-corrected chi connectivity index (χ3v) is 8.43. The number of rotatable bonds is 5. The maximum Gasteiger partial charge on any atom is 0.215 e. The summed E-state index contributed by atoms with van der Waals surface area (Å²) in [6.45, 7) is 6.49. The predicted octanol–water partition coefficient (Wildman–Crippen LogP) is 3.53. The Kier molecular flexibility index (Phi) is 5.50. The quantitative estimate of drug-likeness (QED) is 0.603. The molecule has 0 radical (unpaired) electrons. The molecule has 0 amide bonds. The Balaban J connectivity index is 1.70. The van der Waals surface area contributed by atoms with Gasteiger partial charge in [0.05, 0.1) is 46.5 Å². The summed E-state index contributed by atoms with van der Waals surface area (Å²) in [6, 6.07) is 5.89. The molecule has 0 bridgehead atoms. The van der Waals surface area contributed by atoms with E-state index in [4.69, 9.17) is 24.2 Å². The lowest BCUT2D eigenvalue weighted by Gasteiger charge is -2.34. The van der Waals surface area contributed by atoms with Crippen molar-refractivity contribution in [1.82, 2.24) is 19.9 Å². The summed E-state index contributed by atoms with van der Waals surface area (Å²) < 4.78 is 32.7. The molecule has 0 spiro atoms. The van der Waals surface area contributed by atoms with E-state index in [-0.39, 0.29) is 11.3 Å². The van der Waals surface area contributed by atoms with Crippen molar-refractivity contribution in [3.63, 3.8) is 0 Å². The van der Waals surface area contributed by atoms with Crippen LogP contribution in [0.2, 0.25) is 0 Å². The second-order valence-electron chi connectivity index (χ2n) is 8.33. The highest BCUT2D eigenvalue weighted by molar-refractivity contribution is 7.92. The summed E-state index contributed by atoms with van der Waals surface area (Å²) in [4.78, 5) is 19.7. The normalized spacial score (nSPS) is 26.0. The van der Waals surface area contributed by atoms with Crippen molar-refractivity contribution in [3.05, 3.63) is 30.1 Å². The number of hydrogen-bond acceptors (Lipinski definition) is 8. The maximum atomic E-state index is 13.0. The standard InChI is InChI=1S/C22H28N6O3S/c1-3-31-20-11-16(15-6-7-24-21(15)27-20)22-25-17(18-5-4-10-32(18,23)29)12-19(26-22)28-8-9-30-13-14(28)2/h6-7,11-12,14,18,23H,3-5,8-10,13H2,1-2H3,(H,24,27)/t14-,18?,32?/m1/s1. The van der Waals surface area contributed by atoms with Gasteiger partial charge in [-0.3, -0.25) is 4.78 Å². The molecule has 2 aliphatic heterocycles. The summed E-state index contributed by atoms with van der Waals surface area (Å²) in [5, 5.41) is 0.513. The number of aromatic nitrogens is 4. The number of nitrogens with one attached hydrogen (secondary N) is 2. The number of aromatic amines is 1. The van der Waals surface area contributed by atoms with Crippen LogP contribution in [0, 0.1) is 4.78 Å². The minimum Gasteiger partial charge on any atom is -0.478 e. The van der Waals surface area contributed by atoms with Crippen molar-refractivity contribution < 1.29 is 13.7 Å². The topological polar surface area (TPSA) is 117 Å². The van der Waals surface area contributed by atoms with Crippen LogP contribution in [0.4, 0.5) is 5.82 Å². The van der Waals surface area contributed by atoms with Gasteiger partial charge in [-0.05, 0) is 32.8 Å².